The van der Waals surface area contributed by atoms with E-state index in [2.05, 4.69) is 9.71 Å². The van der Waals surface area contributed by atoms with Gasteiger partial charge in [-0.3, -0.25) is 9.71 Å². The second kappa shape index (κ2) is 2.84. The Hall–Kier alpha value is -1.30. The number of hydrogen-bond donors (Lipinski definition) is 1. The summed E-state index contributed by atoms with van der Waals surface area (Å²) >= 11 is 0. The van der Waals surface area contributed by atoms with Crippen LogP contribution >= 0.6 is 0 Å². The van der Waals surface area contributed by atoms with E-state index in [1.54, 1.807) is 18.5 Å². The number of nitrogens with one attached hydrogen (secondary N) is 1. The third kappa shape index (κ3) is 1.22. The molecule has 6 heteroatoms. The molecule has 0 spiro atoms. The van der Waals surface area contributed by atoms with Crippen molar-refractivity contribution in [3.8, 4) is 0 Å². The molecule has 5 nitrogen and oxygen atoms in total. The van der Waals surface area contributed by atoms with Crippen molar-refractivity contribution < 1.29 is 8.42 Å². The van der Waals surface area contributed by atoms with E-state index in [-0.39, 0.29) is 6.04 Å². The van der Waals surface area contributed by atoms with Crippen LogP contribution in [0.2, 0.25) is 0 Å². The second-order valence-corrected chi connectivity index (χ2v) is 4.94. The number of anilines is 2. The average molecular weight is 213 g/mol. The molecule has 1 aliphatic rings. The van der Waals surface area contributed by atoms with E-state index < -0.39 is 10.2 Å². The van der Waals surface area contributed by atoms with Crippen LogP contribution in [0.25, 0.3) is 0 Å². The molecule has 1 aromatic rings. The molecule has 0 radical (unpaired) electrons. The highest BCUT2D eigenvalue weighted by molar-refractivity contribution is 7.94. The first-order chi connectivity index (χ1) is 6.52. The Balaban J connectivity index is 2.59. The van der Waals surface area contributed by atoms with Gasteiger partial charge in [0.05, 0.1) is 17.6 Å². The maximum absolute atomic E-state index is 11.6. The average Bonchev–Trinajstić information content (AvgIpc) is 2.33. The standard InChI is InChI=1S/C8H11N3O2S/c1-6(2)11-8-5-9-4-3-7(8)10-14(11,12)13/h3-6,10H,1-2H3. The van der Waals surface area contributed by atoms with Crippen molar-refractivity contribution in [2.75, 3.05) is 9.03 Å². The van der Waals surface area contributed by atoms with Crippen LogP contribution in [0.1, 0.15) is 13.8 Å². The molecule has 2 heterocycles. The van der Waals surface area contributed by atoms with Crippen LogP contribution in [0.3, 0.4) is 0 Å². The van der Waals surface area contributed by atoms with Gasteiger partial charge in [-0.25, -0.2) is 4.31 Å². The van der Waals surface area contributed by atoms with Gasteiger partial charge in [0.25, 0.3) is 0 Å². The molecule has 76 valence electrons. The molecule has 0 atom stereocenters. The molecule has 0 unspecified atom stereocenters. The van der Waals surface area contributed by atoms with E-state index in [1.165, 1.54) is 4.31 Å². The zero-order valence-corrected chi connectivity index (χ0v) is 8.75. The van der Waals surface area contributed by atoms with Crippen molar-refractivity contribution >= 4 is 21.6 Å². The Morgan fingerprint density at radius 3 is 2.86 bits per heavy atom. The Morgan fingerprint density at radius 1 is 1.50 bits per heavy atom. The topological polar surface area (TPSA) is 62.3 Å². The van der Waals surface area contributed by atoms with Crippen molar-refractivity contribution in [2.24, 2.45) is 0 Å². The maximum atomic E-state index is 11.6. The minimum Gasteiger partial charge on any atom is -0.264 e. The normalized spacial score (nSPS) is 18.1. The first-order valence-corrected chi connectivity index (χ1v) is 5.72. The highest BCUT2D eigenvalue weighted by Crippen LogP contribution is 2.35. The van der Waals surface area contributed by atoms with Crippen molar-refractivity contribution in [2.45, 2.75) is 19.9 Å². The summed E-state index contributed by atoms with van der Waals surface area (Å²) in [6.07, 6.45) is 3.11. The number of rotatable bonds is 1. The fourth-order valence-electron chi connectivity index (χ4n) is 1.52. The van der Waals surface area contributed by atoms with E-state index in [1.807, 2.05) is 13.8 Å². The maximum Gasteiger partial charge on any atom is 0.324 e. The van der Waals surface area contributed by atoms with Gasteiger partial charge in [-0.05, 0) is 19.9 Å². The van der Waals surface area contributed by atoms with Crippen LogP contribution < -0.4 is 9.03 Å². The fraction of sp³-hybridized carbons (Fsp3) is 0.375. The number of aromatic nitrogens is 1. The SMILES string of the molecule is CC(C)N1c2cnccc2NS1(=O)=O. The molecule has 0 saturated carbocycles. The lowest BCUT2D eigenvalue weighted by atomic mass is 10.3. The monoisotopic (exact) mass is 213 g/mol. The molecule has 0 amide bonds. The van der Waals surface area contributed by atoms with Crippen molar-refractivity contribution in [1.82, 2.24) is 4.98 Å². The summed E-state index contributed by atoms with van der Waals surface area (Å²) in [4.78, 5) is 3.91. The Morgan fingerprint density at radius 2 is 2.21 bits per heavy atom. The molecule has 1 N–H and O–H groups in total. The first-order valence-electron chi connectivity index (χ1n) is 4.28. The van der Waals surface area contributed by atoms with E-state index in [4.69, 9.17) is 0 Å². The van der Waals surface area contributed by atoms with Crippen molar-refractivity contribution in [1.29, 1.82) is 0 Å². The van der Waals surface area contributed by atoms with E-state index in [0.717, 1.165) is 0 Å². The van der Waals surface area contributed by atoms with Gasteiger partial charge in [-0.15, -0.1) is 0 Å². The van der Waals surface area contributed by atoms with E-state index in [0.29, 0.717) is 11.4 Å². The van der Waals surface area contributed by atoms with Gasteiger partial charge in [0.1, 0.15) is 0 Å². The van der Waals surface area contributed by atoms with Crippen LogP contribution in [0.5, 0.6) is 0 Å². The largest absolute Gasteiger partial charge is 0.324 e. The molecule has 0 aromatic carbocycles. The smallest absolute Gasteiger partial charge is 0.264 e. The zero-order valence-electron chi connectivity index (χ0n) is 7.93. The lowest BCUT2D eigenvalue weighted by molar-refractivity contribution is 0.592. The summed E-state index contributed by atoms with van der Waals surface area (Å²) in [6, 6.07) is 1.54. The summed E-state index contributed by atoms with van der Waals surface area (Å²) in [5.41, 5.74) is 1.20. The fourth-order valence-corrected chi connectivity index (χ4v) is 3.03. The molecular formula is C8H11N3O2S. The van der Waals surface area contributed by atoms with E-state index >= 15 is 0 Å². The first kappa shape index (κ1) is 9.26. The molecule has 1 aromatic heterocycles. The van der Waals surface area contributed by atoms with Crippen molar-refractivity contribution in [3.63, 3.8) is 0 Å². The molecule has 0 saturated heterocycles. The third-order valence-corrected chi connectivity index (χ3v) is 3.62. The van der Waals surface area contributed by atoms with Gasteiger partial charge in [0.15, 0.2) is 0 Å². The van der Waals surface area contributed by atoms with Crippen LogP contribution in [0, 0.1) is 0 Å². The van der Waals surface area contributed by atoms with Crippen LogP contribution in [-0.2, 0) is 10.2 Å². The number of pyridine rings is 1. The summed E-state index contributed by atoms with van der Waals surface area (Å²) in [5, 5.41) is 0. The summed E-state index contributed by atoms with van der Waals surface area (Å²) in [5.74, 6) is 0. The Bertz CT molecular complexity index is 455. The molecule has 0 fully saturated rings. The number of hydrogen-bond acceptors (Lipinski definition) is 3. The van der Waals surface area contributed by atoms with Gasteiger partial charge in [0, 0.05) is 12.2 Å². The van der Waals surface area contributed by atoms with E-state index in [9.17, 15) is 8.42 Å². The molecule has 14 heavy (non-hydrogen) atoms. The predicted molar refractivity (Wildman–Crippen MR) is 54.4 cm³/mol. The van der Waals surface area contributed by atoms with Crippen LogP contribution in [0.4, 0.5) is 11.4 Å². The van der Waals surface area contributed by atoms with Gasteiger partial charge in [-0.1, -0.05) is 0 Å². The Labute approximate surface area is 82.9 Å². The number of fused-ring (bicyclic) bond motifs is 1. The minimum absolute atomic E-state index is 0.113. The van der Waals surface area contributed by atoms with Gasteiger partial charge < -0.3 is 0 Å². The highest BCUT2D eigenvalue weighted by atomic mass is 32.2. The zero-order chi connectivity index (χ0) is 10.3. The second-order valence-electron chi connectivity index (χ2n) is 3.39. The molecule has 0 aliphatic carbocycles. The van der Waals surface area contributed by atoms with Crippen molar-refractivity contribution in [3.05, 3.63) is 18.5 Å². The van der Waals surface area contributed by atoms with Gasteiger partial charge in [0.2, 0.25) is 0 Å². The molecule has 2 rings (SSSR count). The minimum atomic E-state index is -3.40. The van der Waals surface area contributed by atoms with Crippen LogP contribution in [0.15, 0.2) is 18.5 Å². The third-order valence-electron chi connectivity index (χ3n) is 2.00. The molecule has 1 aliphatic heterocycles. The molecular weight excluding hydrogens is 202 g/mol. The van der Waals surface area contributed by atoms with Gasteiger partial charge in [-0.2, -0.15) is 8.42 Å². The number of nitrogens with zero attached hydrogens (tertiary/aromatic N) is 2. The predicted octanol–water partition coefficient (Wildman–Crippen LogP) is 0.967. The molecule has 0 bridgehead atoms. The van der Waals surface area contributed by atoms with Gasteiger partial charge >= 0.3 is 10.2 Å². The lowest BCUT2D eigenvalue weighted by Crippen LogP contribution is -2.35. The lowest BCUT2D eigenvalue weighted by Gasteiger charge is -2.20. The quantitative estimate of drug-likeness (QED) is 0.756. The summed E-state index contributed by atoms with van der Waals surface area (Å²) in [6.45, 7) is 3.64. The highest BCUT2D eigenvalue weighted by Gasteiger charge is 2.34. The van der Waals surface area contributed by atoms with Crippen LogP contribution in [-0.4, -0.2) is 19.4 Å². The summed E-state index contributed by atoms with van der Waals surface area (Å²) in [7, 11) is -3.40. The summed E-state index contributed by atoms with van der Waals surface area (Å²) < 4.78 is 27.1. The Kier molecular flexibility index (Phi) is 1.88.